The van der Waals surface area contributed by atoms with Gasteiger partial charge in [-0.15, -0.1) is 0 Å². The lowest BCUT2D eigenvalue weighted by Gasteiger charge is -2.37. The number of carbonyl (C=O) groups is 1. The highest BCUT2D eigenvalue weighted by molar-refractivity contribution is 6.42. The average Bonchev–Trinajstić information content (AvgIpc) is 2.87. The molecule has 9 heteroatoms. The highest BCUT2D eigenvalue weighted by Crippen LogP contribution is 2.36. The first kappa shape index (κ1) is 26.0. The predicted molar refractivity (Wildman–Crippen MR) is 144 cm³/mol. The normalized spacial score (nSPS) is 13.8. The maximum Gasteiger partial charge on any atom is 0.254 e. The fourth-order valence-corrected chi connectivity index (χ4v) is 4.66. The third-order valence-electron chi connectivity index (χ3n) is 6.23. The maximum atomic E-state index is 13.1. The monoisotopic (exact) mass is 525 g/mol. The summed E-state index contributed by atoms with van der Waals surface area (Å²) in [6.07, 6.45) is 0.830. The van der Waals surface area contributed by atoms with Crippen molar-refractivity contribution >= 4 is 45.7 Å². The van der Waals surface area contributed by atoms with Crippen molar-refractivity contribution in [2.24, 2.45) is 0 Å². The summed E-state index contributed by atoms with van der Waals surface area (Å²) in [4.78, 5) is 23.8. The zero-order chi connectivity index (χ0) is 25.8. The Balaban J connectivity index is 1.60. The van der Waals surface area contributed by atoms with Crippen molar-refractivity contribution in [1.29, 1.82) is 5.26 Å². The fraction of sp³-hybridized carbons (Fsp3) is 0.370. The van der Waals surface area contributed by atoms with Gasteiger partial charge in [-0.05, 0) is 57.8 Å². The molecule has 1 aliphatic heterocycles. The summed E-state index contributed by atoms with van der Waals surface area (Å²) in [5, 5.41) is 11.8. The van der Waals surface area contributed by atoms with Crippen LogP contribution in [0.4, 0.5) is 5.69 Å². The summed E-state index contributed by atoms with van der Waals surface area (Å²) in [5.41, 5.74) is 3.63. The first-order valence-corrected chi connectivity index (χ1v) is 12.7. The lowest BCUT2D eigenvalue weighted by molar-refractivity contribution is 0.0747. The number of piperazine rings is 1. The van der Waals surface area contributed by atoms with Gasteiger partial charge in [-0.25, -0.2) is 4.98 Å². The lowest BCUT2D eigenvalue weighted by Crippen LogP contribution is -2.49. The summed E-state index contributed by atoms with van der Waals surface area (Å²) in [6.45, 7) is 5.56. The Kier molecular flexibility index (Phi) is 8.20. The highest BCUT2D eigenvalue weighted by Gasteiger charge is 2.27. The van der Waals surface area contributed by atoms with Crippen molar-refractivity contribution in [3.8, 4) is 11.9 Å². The van der Waals surface area contributed by atoms with Crippen molar-refractivity contribution < 1.29 is 9.53 Å². The number of carbonyl (C=O) groups excluding carboxylic acids is 1. The van der Waals surface area contributed by atoms with E-state index < -0.39 is 0 Å². The number of ether oxygens (including phenoxy) is 1. The molecule has 0 saturated carbocycles. The van der Waals surface area contributed by atoms with Crippen LogP contribution in [0.1, 0.15) is 27.9 Å². The number of aromatic nitrogens is 1. The van der Waals surface area contributed by atoms with Crippen LogP contribution in [0, 0.1) is 18.3 Å². The number of rotatable bonds is 7. The summed E-state index contributed by atoms with van der Waals surface area (Å²) in [7, 11) is 4.03. The zero-order valence-electron chi connectivity index (χ0n) is 20.7. The van der Waals surface area contributed by atoms with Crippen molar-refractivity contribution in [3.63, 3.8) is 0 Å². The SMILES string of the molecule is Cc1ccc2nc(OCCCN(C)C)c(C#N)c(N3CCN(C(=O)c4ccc(Cl)c(Cl)c4)CC3)c2c1. The van der Waals surface area contributed by atoms with Crippen LogP contribution in [0.2, 0.25) is 10.0 Å². The molecule has 0 bridgehead atoms. The number of nitriles is 1. The van der Waals surface area contributed by atoms with Gasteiger partial charge in [0.2, 0.25) is 5.88 Å². The minimum atomic E-state index is -0.0888. The van der Waals surface area contributed by atoms with Gasteiger partial charge in [-0.2, -0.15) is 5.26 Å². The van der Waals surface area contributed by atoms with Crippen LogP contribution in [0.5, 0.6) is 5.88 Å². The molecule has 188 valence electrons. The molecule has 1 aliphatic rings. The molecule has 0 spiro atoms. The Morgan fingerprint density at radius 1 is 1.11 bits per heavy atom. The van der Waals surface area contributed by atoms with Crippen molar-refractivity contribution in [1.82, 2.24) is 14.8 Å². The molecule has 4 rings (SSSR count). The second kappa shape index (κ2) is 11.3. The molecule has 2 aromatic carbocycles. The molecule has 7 nitrogen and oxygen atoms in total. The molecule has 0 atom stereocenters. The largest absolute Gasteiger partial charge is 0.477 e. The van der Waals surface area contributed by atoms with Crippen LogP contribution in [0.15, 0.2) is 36.4 Å². The number of hydrogen-bond donors (Lipinski definition) is 0. The molecule has 0 aliphatic carbocycles. The van der Waals surface area contributed by atoms with Crippen molar-refractivity contribution in [2.75, 3.05) is 58.3 Å². The van der Waals surface area contributed by atoms with Gasteiger partial charge in [0.05, 0.1) is 27.9 Å². The third-order valence-corrected chi connectivity index (χ3v) is 6.97. The van der Waals surface area contributed by atoms with Crippen LogP contribution in [0.25, 0.3) is 10.9 Å². The number of fused-ring (bicyclic) bond motifs is 1. The van der Waals surface area contributed by atoms with E-state index in [-0.39, 0.29) is 5.91 Å². The van der Waals surface area contributed by atoms with Crippen molar-refractivity contribution in [2.45, 2.75) is 13.3 Å². The van der Waals surface area contributed by atoms with Gasteiger partial charge < -0.3 is 19.4 Å². The minimum Gasteiger partial charge on any atom is -0.477 e. The van der Waals surface area contributed by atoms with E-state index in [1.54, 1.807) is 23.1 Å². The van der Waals surface area contributed by atoms with E-state index in [1.807, 2.05) is 33.2 Å². The molecule has 1 saturated heterocycles. The van der Waals surface area contributed by atoms with E-state index in [0.717, 1.165) is 35.1 Å². The first-order chi connectivity index (χ1) is 17.3. The number of amides is 1. The summed E-state index contributed by atoms with van der Waals surface area (Å²) in [6, 6.07) is 13.3. The van der Waals surface area contributed by atoms with Gasteiger partial charge >= 0.3 is 0 Å². The van der Waals surface area contributed by atoms with Gasteiger partial charge in [0.25, 0.3) is 5.91 Å². The average molecular weight is 526 g/mol. The molecule has 0 N–H and O–H groups in total. The molecular formula is C27H29Cl2N5O2. The van der Waals surface area contributed by atoms with E-state index in [2.05, 4.69) is 26.9 Å². The van der Waals surface area contributed by atoms with E-state index in [1.165, 1.54) is 0 Å². The zero-order valence-corrected chi connectivity index (χ0v) is 22.2. The Hall–Kier alpha value is -3.05. The van der Waals surface area contributed by atoms with Crippen LogP contribution in [-0.2, 0) is 0 Å². The first-order valence-electron chi connectivity index (χ1n) is 11.9. The van der Waals surface area contributed by atoms with Crippen molar-refractivity contribution in [3.05, 3.63) is 63.1 Å². The third kappa shape index (κ3) is 5.67. The standard InChI is InChI=1S/C27H29Cl2N5O2/c1-18-5-8-24-20(15-18)25(21(17-30)26(31-24)36-14-4-9-32(2)3)33-10-12-34(13-11-33)27(35)19-6-7-22(28)23(29)16-19/h5-8,15-16H,4,9-14H2,1-3H3. The van der Waals surface area contributed by atoms with Gasteiger partial charge in [-0.1, -0.05) is 34.8 Å². The number of pyridine rings is 1. The predicted octanol–water partition coefficient (Wildman–Crippen LogP) is 5.01. The molecule has 1 fully saturated rings. The Labute approximate surface area is 221 Å². The molecule has 0 unspecified atom stereocenters. The Morgan fingerprint density at radius 2 is 1.86 bits per heavy atom. The Morgan fingerprint density at radius 3 is 2.53 bits per heavy atom. The van der Waals surface area contributed by atoms with Crippen LogP contribution in [0.3, 0.4) is 0 Å². The molecule has 2 heterocycles. The number of halogens is 2. The lowest BCUT2D eigenvalue weighted by atomic mass is 10.0. The van der Waals surface area contributed by atoms with E-state index >= 15 is 0 Å². The van der Waals surface area contributed by atoms with Gasteiger partial charge in [0, 0.05) is 43.7 Å². The van der Waals surface area contributed by atoms with E-state index in [0.29, 0.717) is 59.8 Å². The molecule has 1 amide bonds. The van der Waals surface area contributed by atoms with E-state index in [9.17, 15) is 10.1 Å². The van der Waals surface area contributed by atoms with Gasteiger partial charge in [-0.3, -0.25) is 4.79 Å². The molecule has 1 aromatic heterocycles. The van der Waals surface area contributed by atoms with Crippen LogP contribution < -0.4 is 9.64 Å². The van der Waals surface area contributed by atoms with Gasteiger partial charge in [0.15, 0.2) is 0 Å². The van der Waals surface area contributed by atoms with Gasteiger partial charge in [0.1, 0.15) is 11.6 Å². The maximum absolute atomic E-state index is 13.1. The summed E-state index contributed by atoms with van der Waals surface area (Å²) in [5.74, 6) is 0.269. The summed E-state index contributed by atoms with van der Waals surface area (Å²) >= 11 is 12.1. The van der Waals surface area contributed by atoms with E-state index in [4.69, 9.17) is 27.9 Å². The minimum absolute atomic E-state index is 0.0888. The van der Waals surface area contributed by atoms with Crippen LogP contribution in [-0.4, -0.2) is 74.1 Å². The van der Waals surface area contributed by atoms with Crippen LogP contribution >= 0.6 is 23.2 Å². The Bertz CT molecular complexity index is 1310. The second-order valence-electron chi connectivity index (χ2n) is 9.19. The molecule has 36 heavy (non-hydrogen) atoms. The molecule has 0 radical (unpaired) electrons. The number of anilines is 1. The number of hydrogen-bond acceptors (Lipinski definition) is 6. The molecule has 3 aromatic rings. The highest BCUT2D eigenvalue weighted by atomic mass is 35.5. The number of aryl methyl sites for hydroxylation is 1. The molecular weight excluding hydrogens is 497 g/mol. The number of benzene rings is 2. The second-order valence-corrected chi connectivity index (χ2v) is 10.0. The topological polar surface area (TPSA) is 72.7 Å². The smallest absolute Gasteiger partial charge is 0.254 e. The fourth-order valence-electron chi connectivity index (χ4n) is 4.37. The summed E-state index contributed by atoms with van der Waals surface area (Å²) < 4.78 is 6.01. The quantitative estimate of drug-likeness (QED) is 0.403. The number of nitrogens with zero attached hydrogens (tertiary/aromatic N) is 5.